The maximum atomic E-state index is 11.9. The lowest BCUT2D eigenvalue weighted by Gasteiger charge is -2.18. The summed E-state index contributed by atoms with van der Waals surface area (Å²) in [4.78, 5) is 8.26. The van der Waals surface area contributed by atoms with E-state index in [9.17, 15) is 4.55 Å². The highest BCUT2D eigenvalue weighted by atomic mass is 35.5. The van der Waals surface area contributed by atoms with Gasteiger partial charge in [0.2, 0.25) is 0 Å². The second kappa shape index (κ2) is 6.23. The van der Waals surface area contributed by atoms with Crippen LogP contribution in [0.1, 0.15) is 33.3 Å². The van der Waals surface area contributed by atoms with E-state index in [0.717, 1.165) is 0 Å². The molecule has 0 saturated carbocycles. The van der Waals surface area contributed by atoms with Crippen LogP contribution in [-0.4, -0.2) is 31.2 Å². The summed E-state index contributed by atoms with van der Waals surface area (Å²) >= 11 is 6.16. The molecular formula is C11H16ClN3OS2. The first-order valence-corrected chi connectivity index (χ1v) is 8.01. The van der Waals surface area contributed by atoms with Crippen molar-refractivity contribution in [2.75, 3.05) is 6.26 Å². The van der Waals surface area contributed by atoms with Crippen molar-refractivity contribution >= 4 is 40.4 Å². The first kappa shape index (κ1) is 15.8. The van der Waals surface area contributed by atoms with E-state index in [0.29, 0.717) is 21.6 Å². The highest BCUT2D eigenvalue weighted by molar-refractivity contribution is 7.98. The lowest BCUT2D eigenvalue weighted by molar-refractivity contribution is 0.561. The molecule has 1 unspecified atom stereocenters. The molecule has 0 aliphatic heterocycles. The summed E-state index contributed by atoms with van der Waals surface area (Å²) in [7, 11) is 0. The topological polar surface area (TPSA) is 61.2 Å². The standard InChI is InChI=1S/C11H16ClN3OS2/c1-7(15-18(16)11(2,3)4)8-6-13-10(17-5)14-9(8)12/h6H,1-5H3/b15-7+. The van der Waals surface area contributed by atoms with Crippen LogP contribution in [0.4, 0.5) is 0 Å². The maximum Gasteiger partial charge on any atom is 0.188 e. The van der Waals surface area contributed by atoms with Gasteiger partial charge in [-0.25, -0.2) is 9.97 Å². The summed E-state index contributed by atoms with van der Waals surface area (Å²) in [5, 5.41) is 0.940. The second-order valence-corrected chi connectivity index (χ2v) is 7.64. The van der Waals surface area contributed by atoms with Gasteiger partial charge in [-0.2, -0.15) is 0 Å². The van der Waals surface area contributed by atoms with Crippen LogP contribution in [0.5, 0.6) is 0 Å². The average molecular weight is 306 g/mol. The van der Waals surface area contributed by atoms with Gasteiger partial charge in [0.05, 0.1) is 5.56 Å². The molecule has 1 rings (SSSR count). The Labute approximate surface area is 120 Å². The summed E-state index contributed by atoms with van der Waals surface area (Å²) < 4.78 is 15.7. The highest BCUT2D eigenvalue weighted by Crippen LogP contribution is 2.21. The summed E-state index contributed by atoms with van der Waals surface area (Å²) in [6.45, 7) is 7.37. The van der Waals surface area contributed by atoms with E-state index < -0.39 is 16.1 Å². The second-order valence-electron chi connectivity index (χ2n) is 4.60. The van der Waals surface area contributed by atoms with Gasteiger partial charge in [0.25, 0.3) is 0 Å². The fraction of sp³-hybridized carbons (Fsp3) is 0.545. The van der Waals surface area contributed by atoms with Crippen molar-refractivity contribution in [1.29, 1.82) is 0 Å². The molecule has 0 bridgehead atoms. The van der Waals surface area contributed by atoms with Crippen LogP contribution in [0.2, 0.25) is 5.15 Å². The van der Waals surface area contributed by atoms with Crippen molar-refractivity contribution in [1.82, 2.24) is 9.97 Å². The van der Waals surface area contributed by atoms with Gasteiger partial charge in [0.15, 0.2) is 5.16 Å². The van der Waals surface area contributed by atoms with E-state index in [2.05, 4.69) is 14.4 Å². The molecule has 0 fully saturated rings. The van der Waals surface area contributed by atoms with E-state index in [4.69, 9.17) is 11.6 Å². The Balaban J connectivity index is 3.04. The van der Waals surface area contributed by atoms with E-state index in [1.165, 1.54) is 11.8 Å². The minimum atomic E-state index is -1.31. The number of rotatable bonds is 3. The zero-order valence-electron chi connectivity index (χ0n) is 11.0. The van der Waals surface area contributed by atoms with Gasteiger partial charge in [0.1, 0.15) is 27.0 Å². The Bertz CT molecular complexity index is 460. The van der Waals surface area contributed by atoms with Crippen LogP contribution in [0.15, 0.2) is 15.8 Å². The molecule has 4 nitrogen and oxygen atoms in total. The molecule has 0 amide bonds. The number of thioether (sulfide) groups is 1. The molecule has 1 atom stereocenters. The Kier molecular flexibility index (Phi) is 5.46. The van der Waals surface area contributed by atoms with E-state index >= 15 is 0 Å². The molecule has 100 valence electrons. The Morgan fingerprint density at radius 2 is 2.11 bits per heavy atom. The molecule has 1 heterocycles. The normalized spacial score (nSPS) is 14.7. The van der Waals surface area contributed by atoms with Crippen LogP contribution >= 0.6 is 23.4 Å². The molecule has 1 aromatic rings. The molecule has 0 aliphatic carbocycles. The SMILES string of the molecule is CSc1ncc(/C(C)=N/[S+]([O-])C(C)(C)C)c(Cl)n1. The van der Waals surface area contributed by atoms with Gasteiger partial charge in [-0.05, 0) is 34.0 Å². The summed E-state index contributed by atoms with van der Waals surface area (Å²) in [6, 6.07) is 0. The molecule has 0 radical (unpaired) electrons. The van der Waals surface area contributed by atoms with Gasteiger partial charge < -0.3 is 4.55 Å². The van der Waals surface area contributed by atoms with Gasteiger partial charge in [-0.1, -0.05) is 27.8 Å². The largest absolute Gasteiger partial charge is 0.591 e. The predicted molar refractivity (Wildman–Crippen MR) is 78.9 cm³/mol. The minimum absolute atomic E-state index is 0.335. The average Bonchev–Trinajstić information content (AvgIpc) is 2.27. The predicted octanol–water partition coefficient (Wildman–Crippen LogP) is 3.12. The zero-order valence-corrected chi connectivity index (χ0v) is 13.4. The first-order valence-electron chi connectivity index (χ1n) is 5.30. The van der Waals surface area contributed by atoms with Gasteiger partial charge in [0, 0.05) is 6.20 Å². The number of hydrogen-bond donors (Lipinski definition) is 0. The van der Waals surface area contributed by atoms with Crippen molar-refractivity contribution < 1.29 is 4.55 Å². The summed E-state index contributed by atoms with van der Waals surface area (Å²) in [6.07, 6.45) is 3.49. The number of nitrogens with zero attached hydrogens (tertiary/aromatic N) is 3. The van der Waals surface area contributed by atoms with Gasteiger partial charge in [-0.15, -0.1) is 0 Å². The lowest BCUT2D eigenvalue weighted by Crippen LogP contribution is -2.26. The number of hydrogen-bond acceptors (Lipinski definition) is 5. The van der Waals surface area contributed by atoms with E-state index in [1.54, 1.807) is 13.1 Å². The van der Waals surface area contributed by atoms with Crippen molar-refractivity contribution in [2.24, 2.45) is 4.40 Å². The molecule has 0 saturated heterocycles. The van der Waals surface area contributed by atoms with E-state index in [1.807, 2.05) is 27.0 Å². The van der Waals surface area contributed by atoms with Gasteiger partial charge in [-0.3, -0.25) is 0 Å². The van der Waals surface area contributed by atoms with E-state index in [-0.39, 0.29) is 0 Å². The third kappa shape index (κ3) is 4.12. The molecule has 0 aromatic carbocycles. The molecular weight excluding hydrogens is 290 g/mol. The molecule has 18 heavy (non-hydrogen) atoms. The third-order valence-electron chi connectivity index (χ3n) is 2.04. The quantitative estimate of drug-likeness (QED) is 0.283. The van der Waals surface area contributed by atoms with Crippen LogP contribution in [0.25, 0.3) is 0 Å². The third-order valence-corrected chi connectivity index (χ3v) is 4.37. The smallest absolute Gasteiger partial charge is 0.188 e. The Morgan fingerprint density at radius 1 is 1.50 bits per heavy atom. The fourth-order valence-corrected chi connectivity index (χ4v) is 2.27. The summed E-state index contributed by atoms with van der Waals surface area (Å²) in [5.41, 5.74) is 1.20. The molecule has 0 aliphatic rings. The van der Waals surface area contributed by atoms with Crippen LogP contribution in [0, 0.1) is 0 Å². The van der Waals surface area contributed by atoms with Crippen LogP contribution in [0.3, 0.4) is 0 Å². The molecule has 1 aromatic heterocycles. The van der Waals surface area contributed by atoms with Crippen molar-refractivity contribution in [3.05, 3.63) is 16.9 Å². The number of aromatic nitrogens is 2. The lowest BCUT2D eigenvalue weighted by atomic mass is 10.2. The molecule has 0 spiro atoms. The van der Waals surface area contributed by atoms with Crippen LogP contribution in [-0.2, 0) is 11.4 Å². The van der Waals surface area contributed by atoms with Crippen molar-refractivity contribution in [3.8, 4) is 0 Å². The van der Waals surface area contributed by atoms with Crippen molar-refractivity contribution in [3.63, 3.8) is 0 Å². The zero-order chi connectivity index (χ0) is 13.9. The monoisotopic (exact) mass is 305 g/mol. The number of halogens is 1. The summed E-state index contributed by atoms with van der Waals surface area (Å²) in [5.74, 6) is 0. The fourth-order valence-electron chi connectivity index (χ4n) is 0.998. The van der Waals surface area contributed by atoms with Gasteiger partial charge >= 0.3 is 0 Å². The first-order chi connectivity index (χ1) is 8.25. The molecule has 0 N–H and O–H groups in total. The Hall–Kier alpha value is -0.300. The minimum Gasteiger partial charge on any atom is -0.591 e. The van der Waals surface area contributed by atoms with Crippen LogP contribution < -0.4 is 0 Å². The molecule has 7 heteroatoms. The van der Waals surface area contributed by atoms with Crippen molar-refractivity contribution in [2.45, 2.75) is 37.6 Å². The Morgan fingerprint density at radius 3 is 2.56 bits per heavy atom. The highest BCUT2D eigenvalue weighted by Gasteiger charge is 2.27. The maximum absolute atomic E-state index is 11.9.